The van der Waals surface area contributed by atoms with Gasteiger partial charge in [0.2, 0.25) is 0 Å². The van der Waals surface area contributed by atoms with Crippen LogP contribution < -0.4 is 5.32 Å². The van der Waals surface area contributed by atoms with Crippen molar-refractivity contribution in [2.75, 3.05) is 26.2 Å². The summed E-state index contributed by atoms with van der Waals surface area (Å²) in [7, 11) is 0. The Balaban J connectivity index is 1.65. The highest BCUT2D eigenvalue weighted by atomic mass is 16.1. The van der Waals surface area contributed by atoms with Crippen LogP contribution >= 0.6 is 0 Å². The van der Waals surface area contributed by atoms with Crippen LogP contribution in [0.3, 0.4) is 0 Å². The van der Waals surface area contributed by atoms with Gasteiger partial charge in [-0.15, -0.1) is 0 Å². The predicted octanol–water partition coefficient (Wildman–Crippen LogP) is 1.47. The van der Waals surface area contributed by atoms with Gasteiger partial charge >= 0.3 is 0 Å². The van der Waals surface area contributed by atoms with E-state index in [4.69, 9.17) is 0 Å². The highest BCUT2D eigenvalue weighted by Gasteiger charge is 2.43. The molecule has 2 aliphatic rings. The van der Waals surface area contributed by atoms with Crippen LogP contribution in [0.15, 0.2) is 18.5 Å². The van der Waals surface area contributed by atoms with Crippen molar-refractivity contribution < 1.29 is 4.79 Å². The van der Waals surface area contributed by atoms with Gasteiger partial charge in [-0.05, 0) is 44.0 Å². The number of hydrogen-bond donors (Lipinski definition) is 1. The summed E-state index contributed by atoms with van der Waals surface area (Å²) in [6.45, 7) is 6.42. The third kappa shape index (κ3) is 2.37. The zero-order valence-electron chi connectivity index (χ0n) is 11.5. The molecule has 3 heterocycles. The summed E-state index contributed by atoms with van der Waals surface area (Å²) in [4.78, 5) is 18.9. The number of nitrogens with zero attached hydrogens (tertiary/aromatic N) is 2. The zero-order chi connectivity index (χ0) is 13.3. The first kappa shape index (κ1) is 12.6. The number of piperidine rings is 1. The van der Waals surface area contributed by atoms with Crippen molar-refractivity contribution in [2.24, 2.45) is 5.41 Å². The fourth-order valence-electron chi connectivity index (χ4n) is 3.34. The normalized spacial score (nSPS) is 28.6. The fraction of sp³-hybridized carbons (Fsp3) is 0.600. The lowest BCUT2D eigenvalue weighted by atomic mass is 9.84. The van der Waals surface area contributed by atoms with Crippen molar-refractivity contribution in [2.45, 2.75) is 26.2 Å². The number of carbonyl (C=O) groups is 1. The molecule has 0 aromatic carbocycles. The number of aryl methyl sites for hydroxylation is 1. The first-order valence-electron chi connectivity index (χ1n) is 7.16. The molecule has 4 nitrogen and oxygen atoms in total. The van der Waals surface area contributed by atoms with E-state index < -0.39 is 0 Å². The summed E-state index contributed by atoms with van der Waals surface area (Å²) in [5.41, 5.74) is 2.15. The van der Waals surface area contributed by atoms with Gasteiger partial charge < -0.3 is 10.2 Å². The lowest BCUT2D eigenvalue weighted by molar-refractivity contribution is 0.0933. The first-order valence-corrected chi connectivity index (χ1v) is 7.16. The first-order chi connectivity index (χ1) is 9.22. The maximum Gasteiger partial charge on any atom is 0.251 e. The van der Waals surface area contributed by atoms with Crippen LogP contribution in [0.5, 0.6) is 0 Å². The predicted molar refractivity (Wildman–Crippen MR) is 74.1 cm³/mol. The maximum atomic E-state index is 12.3. The molecule has 0 unspecified atom stereocenters. The second-order valence-electron chi connectivity index (χ2n) is 5.85. The lowest BCUT2D eigenvalue weighted by Gasteiger charge is -2.25. The number of rotatable bonds is 4. The Morgan fingerprint density at radius 1 is 1.47 bits per heavy atom. The molecular formula is C15H21N3O. The van der Waals surface area contributed by atoms with Gasteiger partial charge in [-0.3, -0.25) is 9.78 Å². The maximum absolute atomic E-state index is 12.3. The molecule has 0 atom stereocenters. The molecule has 0 spiro atoms. The molecule has 1 N–H and O–H groups in total. The van der Waals surface area contributed by atoms with E-state index in [1.165, 1.54) is 25.9 Å². The number of fused-ring (bicyclic) bond motifs is 2. The summed E-state index contributed by atoms with van der Waals surface area (Å²) >= 11 is 0. The Morgan fingerprint density at radius 2 is 2.26 bits per heavy atom. The molecule has 19 heavy (non-hydrogen) atoms. The zero-order valence-corrected chi connectivity index (χ0v) is 11.5. The van der Waals surface area contributed by atoms with Gasteiger partial charge in [0.05, 0.1) is 0 Å². The Hall–Kier alpha value is -1.42. The number of hydrogen-bond acceptors (Lipinski definition) is 3. The van der Waals surface area contributed by atoms with Gasteiger partial charge in [0, 0.05) is 36.5 Å². The SMILES string of the molecule is CCc1cnccc1C(=O)NCC12CCN(CC1)C2. The molecule has 102 valence electrons. The second-order valence-corrected chi connectivity index (χ2v) is 5.85. The molecule has 0 radical (unpaired) electrons. The smallest absolute Gasteiger partial charge is 0.251 e. The average molecular weight is 259 g/mol. The third-order valence-corrected chi connectivity index (χ3v) is 4.63. The van der Waals surface area contributed by atoms with Crippen LogP contribution in [0.25, 0.3) is 0 Å². The van der Waals surface area contributed by atoms with E-state index in [1.807, 2.05) is 6.07 Å². The number of aromatic nitrogens is 1. The summed E-state index contributed by atoms with van der Waals surface area (Å²) in [5, 5.41) is 3.14. The van der Waals surface area contributed by atoms with E-state index in [0.717, 1.165) is 30.6 Å². The molecule has 1 aromatic rings. The summed E-state index contributed by atoms with van der Waals surface area (Å²) in [6.07, 6.45) is 6.78. The summed E-state index contributed by atoms with van der Waals surface area (Å²) < 4.78 is 0. The fourth-order valence-corrected chi connectivity index (χ4v) is 3.34. The molecule has 1 amide bonds. The minimum atomic E-state index is 0.0546. The van der Waals surface area contributed by atoms with E-state index in [2.05, 4.69) is 22.1 Å². The van der Waals surface area contributed by atoms with Gasteiger partial charge in [-0.25, -0.2) is 0 Å². The van der Waals surface area contributed by atoms with Crippen LogP contribution in [-0.4, -0.2) is 42.0 Å². The van der Waals surface area contributed by atoms with Gasteiger partial charge in [-0.2, -0.15) is 0 Å². The number of amides is 1. The lowest BCUT2D eigenvalue weighted by Crippen LogP contribution is -2.37. The Kier molecular flexibility index (Phi) is 3.27. The van der Waals surface area contributed by atoms with E-state index in [1.54, 1.807) is 12.4 Å². The molecule has 2 bridgehead atoms. The highest BCUT2D eigenvalue weighted by Crippen LogP contribution is 2.39. The number of carbonyl (C=O) groups excluding carboxylic acids is 1. The van der Waals surface area contributed by atoms with Gasteiger partial charge in [0.25, 0.3) is 5.91 Å². The van der Waals surface area contributed by atoms with Crippen LogP contribution in [0.2, 0.25) is 0 Å². The Morgan fingerprint density at radius 3 is 2.89 bits per heavy atom. The quantitative estimate of drug-likeness (QED) is 0.890. The van der Waals surface area contributed by atoms with Crippen LogP contribution in [0.4, 0.5) is 0 Å². The number of pyridine rings is 1. The van der Waals surface area contributed by atoms with Crippen LogP contribution in [0.1, 0.15) is 35.7 Å². The molecule has 2 saturated heterocycles. The topological polar surface area (TPSA) is 45.2 Å². The van der Waals surface area contributed by atoms with E-state index >= 15 is 0 Å². The highest BCUT2D eigenvalue weighted by molar-refractivity contribution is 5.95. The van der Waals surface area contributed by atoms with E-state index in [0.29, 0.717) is 5.41 Å². The molecule has 0 saturated carbocycles. The van der Waals surface area contributed by atoms with Crippen molar-refractivity contribution in [3.63, 3.8) is 0 Å². The van der Waals surface area contributed by atoms with Crippen molar-refractivity contribution >= 4 is 5.91 Å². The molecule has 3 rings (SSSR count). The van der Waals surface area contributed by atoms with Gasteiger partial charge in [-0.1, -0.05) is 6.92 Å². The third-order valence-electron chi connectivity index (χ3n) is 4.63. The number of nitrogens with one attached hydrogen (secondary N) is 1. The Bertz CT molecular complexity index is 478. The second kappa shape index (κ2) is 4.93. The summed E-state index contributed by atoms with van der Waals surface area (Å²) in [6, 6.07) is 1.82. The molecule has 0 aliphatic carbocycles. The average Bonchev–Trinajstić information content (AvgIpc) is 3.06. The molecule has 1 aromatic heterocycles. The molecule has 2 aliphatic heterocycles. The minimum Gasteiger partial charge on any atom is -0.351 e. The minimum absolute atomic E-state index is 0.0546. The molecule has 4 heteroatoms. The van der Waals surface area contributed by atoms with Crippen molar-refractivity contribution in [1.82, 2.24) is 15.2 Å². The largest absolute Gasteiger partial charge is 0.351 e. The van der Waals surface area contributed by atoms with Crippen molar-refractivity contribution in [3.05, 3.63) is 29.6 Å². The van der Waals surface area contributed by atoms with Crippen LogP contribution in [-0.2, 0) is 6.42 Å². The van der Waals surface area contributed by atoms with E-state index in [9.17, 15) is 4.79 Å². The van der Waals surface area contributed by atoms with Crippen LogP contribution in [0, 0.1) is 5.41 Å². The van der Waals surface area contributed by atoms with E-state index in [-0.39, 0.29) is 5.91 Å². The molecule has 2 fully saturated rings. The standard InChI is InChI=1S/C15H21N3O/c1-2-12-9-16-6-3-13(12)14(19)17-10-15-4-7-18(11-15)8-5-15/h3,6,9H,2,4-5,7-8,10-11H2,1H3,(H,17,19). The Labute approximate surface area is 114 Å². The van der Waals surface area contributed by atoms with Crippen molar-refractivity contribution in [1.29, 1.82) is 0 Å². The van der Waals surface area contributed by atoms with Crippen molar-refractivity contribution in [3.8, 4) is 0 Å². The van der Waals surface area contributed by atoms with Gasteiger partial charge in [0.15, 0.2) is 0 Å². The summed E-state index contributed by atoms with van der Waals surface area (Å²) in [5.74, 6) is 0.0546. The van der Waals surface area contributed by atoms with Gasteiger partial charge in [0.1, 0.15) is 0 Å². The molecular weight excluding hydrogens is 238 g/mol. The monoisotopic (exact) mass is 259 g/mol.